The van der Waals surface area contributed by atoms with Gasteiger partial charge in [-0.15, -0.1) is 0 Å². The van der Waals surface area contributed by atoms with Crippen molar-refractivity contribution in [1.82, 2.24) is 14.5 Å². The molecule has 6 nitrogen and oxygen atoms in total. The van der Waals surface area contributed by atoms with E-state index in [1.807, 2.05) is 22.9 Å². The molecule has 0 radical (unpaired) electrons. The van der Waals surface area contributed by atoms with Crippen LogP contribution in [-0.2, 0) is 11.3 Å². The third-order valence-corrected chi connectivity index (χ3v) is 5.57. The normalized spacial score (nSPS) is 14.5. The number of aromatic nitrogens is 2. The summed E-state index contributed by atoms with van der Waals surface area (Å²) in [6.45, 7) is 3.09. The van der Waals surface area contributed by atoms with Gasteiger partial charge in [-0.25, -0.2) is 4.98 Å². The average Bonchev–Trinajstić information content (AvgIpc) is 3.22. The van der Waals surface area contributed by atoms with E-state index in [4.69, 9.17) is 5.11 Å². The first-order valence-electron chi connectivity index (χ1n) is 10.3. The van der Waals surface area contributed by atoms with Crippen molar-refractivity contribution in [2.24, 2.45) is 0 Å². The Morgan fingerprint density at radius 3 is 2.39 bits per heavy atom. The lowest BCUT2D eigenvalue weighted by molar-refractivity contribution is -0.138. The molecule has 0 spiro atoms. The predicted molar refractivity (Wildman–Crippen MR) is 118 cm³/mol. The maximum absolute atomic E-state index is 11.5. The highest BCUT2D eigenvalue weighted by atomic mass is 16.3. The molecule has 0 saturated carbocycles. The smallest absolute Gasteiger partial charge is 0.248 e. The molecule has 1 amide bonds. The fourth-order valence-electron chi connectivity index (χ4n) is 3.74. The molecule has 158 valence electrons. The minimum absolute atomic E-state index is 0.204. The Hall–Kier alpha value is -3.40. The van der Waals surface area contributed by atoms with E-state index in [0.29, 0.717) is 31.4 Å². The van der Waals surface area contributed by atoms with Gasteiger partial charge in [0.2, 0.25) is 5.91 Å². The first-order chi connectivity index (χ1) is 15.0. The summed E-state index contributed by atoms with van der Waals surface area (Å²) in [6, 6.07) is 16.5. The summed E-state index contributed by atoms with van der Waals surface area (Å²) in [5, 5.41) is 18.6. The Balaban J connectivity index is 1.36. The fraction of sp³-hybridized carbons (Fsp3) is 0.280. The number of amides is 1. The van der Waals surface area contributed by atoms with Gasteiger partial charge in [0.15, 0.2) is 0 Å². The van der Waals surface area contributed by atoms with Crippen molar-refractivity contribution in [2.45, 2.75) is 25.5 Å². The van der Waals surface area contributed by atoms with Crippen LogP contribution in [0.2, 0.25) is 0 Å². The van der Waals surface area contributed by atoms with Gasteiger partial charge >= 0.3 is 0 Å². The van der Waals surface area contributed by atoms with E-state index in [2.05, 4.69) is 53.2 Å². The Bertz CT molecular complexity index is 1100. The predicted octanol–water partition coefficient (Wildman–Crippen LogP) is 2.57. The van der Waals surface area contributed by atoms with Crippen molar-refractivity contribution in [3.05, 3.63) is 77.9 Å². The van der Waals surface area contributed by atoms with Crippen molar-refractivity contribution in [2.75, 3.05) is 19.7 Å². The molecule has 1 aliphatic rings. The second kappa shape index (κ2) is 9.17. The van der Waals surface area contributed by atoms with E-state index in [1.165, 1.54) is 5.56 Å². The zero-order valence-electron chi connectivity index (χ0n) is 17.4. The molecule has 2 heterocycles. The molecule has 31 heavy (non-hydrogen) atoms. The highest BCUT2D eigenvalue weighted by Crippen LogP contribution is 2.29. The third-order valence-electron chi connectivity index (χ3n) is 5.57. The number of benzene rings is 2. The quantitative estimate of drug-likeness (QED) is 0.628. The molecule has 2 aromatic carbocycles. The number of rotatable bonds is 5. The number of aliphatic hydroxyl groups is 2. The lowest BCUT2D eigenvalue weighted by atomic mass is 9.90. The van der Waals surface area contributed by atoms with Gasteiger partial charge in [-0.3, -0.25) is 4.79 Å². The number of hydrogen-bond donors (Lipinski definition) is 2. The number of aliphatic hydroxyl groups excluding tert-OH is 2. The van der Waals surface area contributed by atoms with Crippen LogP contribution in [0.1, 0.15) is 35.9 Å². The van der Waals surface area contributed by atoms with Gasteiger partial charge in [0.05, 0.1) is 6.54 Å². The summed E-state index contributed by atoms with van der Waals surface area (Å²) in [6.07, 6.45) is 2.86. The lowest BCUT2D eigenvalue weighted by Gasteiger charge is -2.39. The second-order valence-corrected chi connectivity index (χ2v) is 7.74. The van der Waals surface area contributed by atoms with Crippen LogP contribution in [-0.4, -0.2) is 50.3 Å². The summed E-state index contributed by atoms with van der Waals surface area (Å²) in [4.78, 5) is 17.3. The minimum Gasteiger partial charge on any atom is -0.387 e. The topological polar surface area (TPSA) is 78.6 Å². The highest BCUT2D eigenvalue weighted by molar-refractivity contribution is 5.78. The molecule has 0 aliphatic carbocycles. The molecule has 1 aliphatic heterocycles. The van der Waals surface area contributed by atoms with Crippen molar-refractivity contribution in [3.8, 4) is 23.0 Å². The summed E-state index contributed by atoms with van der Waals surface area (Å²) in [7, 11) is 0. The van der Waals surface area contributed by atoms with Crippen molar-refractivity contribution in [3.63, 3.8) is 0 Å². The molecule has 1 aromatic heterocycles. The van der Waals surface area contributed by atoms with E-state index >= 15 is 0 Å². The Morgan fingerprint density at radius 1 is 1.13 bits per heavy atom. The van der Waals surface area contributed by atoms with Crippen molar-refractivity contribution < 1.29 is 15.0 Å². The number of likely N-dealkylation sites (tertiary alicyclic amines) is 1. The maximum Gasteiger partial charge on any atom is 0.248 e. The lowest BCUT2D eigenvalue weighted by Crippen LogP contribution is -2.49. The average molecular weight is 415 g/mol. The van der Waals surface area contributed by atoms with E-state index in [9.17, 15) is 9.90 Å². The number of carbonyl (C=O) groups excluding carboxylic acids is 1. The molecule has 4 rings (SSSR count). The number of carbonyl (C=O) groups is 1. The van der Waals surface area contributed by atoms with Gasteiger partial charge in [-0.1, -0.05) is 48.2 Å². The van der Waals surface area contributed by atoms with Crippen LogP contribution in [0.25, 0.3) is 11.1 Å². The van der Waals surface area contributed by atoms with Crippen LogP contribution in [0.15, 0.2) is 60.9 Å². The SMILES string of the molecule is CC(O)c1nccn1CC#Cc1ccc(-c2ccc(C3CN(C(=O)CO)C3)cc2)cc1. The van der Waals surface area contributed by atoms with Crippen LogP contribution >= 0.6 is 0 Å². The Morgan fingerprint density at radius 2 is 1.77 bits per heavy atom. The van der Waals surface area contributed by atoms with Crippen LogP contribution in [0.5, 0.6) is 0 Å². The van der Waals surface area contributed by atoms with Gasteiger partial charge in [-0.05, 0) is 35.7 Å². The summed E-state index contributed by atoms with van der Waals surface area (Å²) in [5.41, 5.74) is 4.39. The minimum atomic E-state index is -0.617. The van der Waals surface area contributed by atoms with Crippen molar-refractivity contribution in [1.29, 1.82) is 0 Å². The Kier molecular flexibility index (Phi) is 6.17. The van der Waals surface area contributed by atoms with E-state index in [0.717, 1.165) is 16.7 Å². The summed E-state index contributed by atoms with van der Waals surface area (Å²) >= 11 is 0. The molecule has 1 unspecified atom stereocenters. The summed E-state index contributed by atoms with van der Waals surface area (Å²) in [5.74, 6) is 7.03. The Labute approximate surface area is 181 Å². The molecular formula is C25H25N3O3. The van der Waals surface area contributed by atoms with Gasteiger partial charge < -0.3 is 19.7 Å². The maximum atomic E-state index is 11.5. The largest absolute Gasteiger partial charge is 0.387 e. The molecular weight excluding hydrogens is 390 g/mol. The van der Waals surface area contributed by atoms with Gasteiger partial charge in [-0.2, -0.15) is 0 Å². The number of nitrogens with zero attached hydrogens (tertiary/aromatic N) is 3. The second-order valence-electron chi connectivity index (χ2n) is 7.74. The van der Waals surface area contributed by atoms with Crippen LogP contribution in [0, 0.1) is 11.8 Å². The number of imidazole rings is 1. The highest BCUT2D eigenvalue weighted by Gasteiger charge is 2.30. The molecule has 3 aromatic rings. The van der Waals surface area contributed by atoms with E-state index in [1.54, 1.807) is 18.0 Å². The molecule has 2 N–H and O–H groups in total. The molecule has 1 atom stereocenters. The van der Waals surface area contributed by atoms with Gasteiger partial charge in [0, 0.05) is 37.0 Å². The van der Waals surface area contributed by atoms with Crippen LogP contribution in [0.3, 0.4) is 0 Å². The number of hydrogen-bond acceptors (Lipinski definition) is 4. The van der Waals surface area contributed by atoms with Gasteiger partial charge in [0.25, 0.3) is 0 Å². The molecule has 6 heteroatoms. The third kappa shape index (κ3) is 4.69. The van der Waals surface area contributed by atoms with Crippen molar-refractivity contribution >= 4 is 5.91 Å². The monoisotopic (exact) mass is 415 g/mol. The molecule has 0 bridgehead atoms. The zero-order valence-corrected chi connectivity index (χ0v) is 17.4. The first kappa shape index (κ1) is 20.9. The fourth-order valence-corrected chi connectivity index (χ4v) is 3.74. The van der Waals surface area contributed by atoms with Crippen LogP contribution in [0.4, 0.5) is 0 Å². The van der Waals surface area contributed by atoms with Gasteiger partial charge in [0.1, 0.15) is 18.5 Å². The van der Waals surface area contributed by atoms with E-state index < -0.39 is 12.7 Å². The van der Waals surface area contributed by atoms with E-state index in [-0.39, 0.29) is 5.91 Å². The molecule has 1 saturated heterocycles. The molecule has 1 fully saturated rings. The standard InChI is InChI=1S/C25H25N3O3/c1-18(30)25-26-12-14-27(25)13-2-3-19-4-6-20(7-5-19)21-8-10-22(11-9-21)23-15-28(16-23)24(31)17-29/h4-12,14,18,23,29-30H,13,15-17H2,1H3. The van der Waals surface area contributed by atoms with Crippen LogP contribution < -0.4 is 0 Å². The first-order valence-corrected chi connectivity index (χ1v) is 10.3. The zero-order chi connectivity index (χ0) is 21.8. The summed E-state index contributed by atoms with van der Waals surface area (Å²) < 4.78 is 1.84.